The Kier molecular flexibility index (Phi) is 8.16. The fourth-order valence-electron chi connectivity index (χ4n) is 4.81. The van der Waals surface area contributed by atoms with E-state index in [1.165, 1.54) is 23.9 Å². The second-order valence-electron chi connectivity index (χ2n) is 9.89. The first-order chi connectivity index (χ1) is 19.3. The molecule has 0 bridgehead atoms. The van der Waals surface area contributed by atoms with E-state index in [1.54, 1.807) is 12.1 Å². The van der Waals surface area contributed by atoms with Gasteiger partial charge >= 0.3 is 5.97 Å². The summed E-state index contributed by atoms with van der Waals surface area (Å²) in [5.41, 5.74) is 6.54. The number of hydrogen-bond donors (Lipinski definition) is 1. The van der Waals surface area contributed by atoms with Gasteiger partial charge in [-0.15, -0.1) is 0 Å². The number of carbonyl (C=O) groups is 2. The Morgan fingerprint density at radius 3 is 2.50 bits per heavy atom. The average Bonchev–Trinajstić information content (AvgIpc) is 3.34. The molecule has 2 heterocycles. The number of nitrogens with zero attached hydrogens (tertiary/aromatic N) is 2. The summed E-state index contributed by atoms with van der Waals surface area (Å²) in [5.74, 6) is -0.942. The van der Waals surface area contributed by atoms with Crippen LogP contribution < -0.4 is 5.32 Å². The number of fused-ring (bicyclic) bond motifs is 1. The summed E-state index contributed by atoms with van der Waals surface area (Å²) in [6, 6.07) is 21.3. The monoisotopic (exact) mass is 555 g/mol. The molecular weight excluding hydrogens is 525 g/mol. The number of amides is 1. The summed E-state index contributed by atoms with van der Waals surface area (Å²) in [5, 5.41) is 5.54. The Bertz CT molecular complexity index is 1530. The smallest absolute Gasteiger partial charge is 0.338 e. The number of ether oxygens (including phenoxy) is 1. The first-order valence-electron chi connectivity index (χ1n) is 13.0. The minimum atomic E-state index is -0.498. The largest absolute Gasteiger partial charge is 0.457 e. The molecule has 0 radical (unpaired) electrons. The molecule has 40 heavy (non-hydrogen) atoms. The normalized spacial score (nSPS) is 16.3. The summed E-state index contributed by atoms with van der Waals surface area (Å²) < 4.78 is 19.0. The van der Waals surface area contributed by atoms with Gasteiger partial charge in [0.05, 0.1) is 23.7 Å². The molecule has 1 atom stereocenters. The minimum absolute atomic E-state index is 0.0972. The third kappa shape index (κ3) is 6.02. The molecule has 3 aromatic carbocycles. The number of rotatable bonds is 8. The molecule has 0 spiro atoms. The van der Waals surface area contributed by atoms with Crippen LogP contribution in [-0.4, -0.2) is 21.9 Å². The number of halogens is 1. The van der Waals surface area contributed by atoms with Crippen LogP contribution in [0.1, 0.15) is 47.2 Å². The number of carbonyl (C=O) groups excluding carboxylic acids is 2. The van der Waals surface area contributed by atoms with Crippen LogP contribution in [0.15, 0.2) is 100 Å². The van der Waals surface area contributed by atoms with Crippen LogP contribution in [0.4, 0.5) is 4.39 Å². The fraction of sp³-hybridized carbons (Fsp3) is 0.219. The second-order valence-corrected chi connectivity index (χ2v) is 10.7. The standard InChI is InChI=1S/C32H30FN3O3S/c1-20-9-10-21(2)27(15-20)30-29(31(38)39-18-24-7-5-4-6-8-24)22(3)35-32-36(30)26(19-40-32)16-28(37)34-17-23-11-13-25(33)14-12-23/h4-15,19,30H,16-18H2,1-3H3,(H,34,37). The van der Waals surface area contributed by atoms with Gasteiger partial charge in [0.1, 0.15) is 12.4 Å². The van der Waals surface area contributed by atoms with Gasteiger partial charge in [-0.3, -0.25) is 4.79 Å². The molecule has 6 nitrogen and oxygen atoms in total. The van der Waals surface area contributed by atoms with E-state index in [0.29, 0.717) is 16.4 Å². The summed E-state index contributed by atoms with van der Waals surface area (Å²) in [6.07, 6.45) is 0.0972. The van der Waals surface area contributed by atoms with E-state index < -0.39 is 12.0 Å². The van der Waals surface area contributed by atoms with Crippen LogP contribution in [0.2, 0.25) is 0 Å². The van der Waals surface area contributed by atoms with Crippen molar-refractivity contribution in [3.05, 3.63) is 129 Å². The number of hydrogen-bond acceptors (Lipinski definition) is 6. The molecule has 0 fully saturated rings. The molecule has 1 N–H and O–H groups in total. The number of aryl methyl sites for hydroxylation is 2. The van der Waals surface area contributed by atoms with Crippen molar-refractivity contribution in [3.63, 3.8) is 0 Å². The highest BCUT2D eigenvalue weighted by Gasteiger charge is 2.41. The predicted octanol–water partition coefficient (Wildman–Crippen LogP) is 6.47. The van der Waals surface area contributed by atoms with E-state index in [4.69, 9.17) is 9.73 Å². The van der Waals surface area contributed by atoms with Gasteiger partial charge in [0.25, 0.3) is 0 Å². The molecule has 1 unspecified atom stereocenters. The van der Waals surface area contributed by atoms with Gasteiger partial charge in [0, 0.05) is 12.2 Å². The number of aliphatic imine (C=N–C) groups is 1. The number of nitrogens with one attached hydrogen (secondary N) is 1. The Morgan fingerprint density at radius 2 is 1.75 bits per heavy atom. The number of amidine groups is 1. The second kappa shape index (κ2) is 11.9. The lowest BCUT2D eigenvalue weighted by Crippen LogP contribution is -2.38. The van der Waals surface area contributed by atoms with Crippen molar-refractivity contribution in [3.8, 4) is 0 Å². The fourth-order valence-corrected chi connectivity index (χ4v) is 5.77. The lowest BCUT2D eigenvalue weighted by atomic mass is 9.90. The van der Waals surface area contributed by atoms with Crippen molar-refractivity contribution in [2.24, 2.45) is 4.99 Å². The topological polar surface area (TPSA) is 71.0 Å². The molecule has 0 saturated carbocycles. The van der Waals surface area contributed by atoms with Crippen molar-refractivity contribution in [2.45, 2.75) is 46.4 Å². The highest BCUT2D eigenvalue weighted by molar-refractivity contribution is 8.16. The molecule has 2 aliphatic heterocycles. The maximum absolute atomic E-state index is 13.7. The van der Waals surface area contributed by atoms with Gasteiger partial charge in [0.2, 0.25) is 5.91 Å². The van der Waals surface area contributed by atoms with E-state index in [0.717, 1.165) is 33.5 Å². The van der Waals surface area contributed by atoms with Crippen molar-refractivity contribution < 1.29 is 18.7 Å². The third-order valence-corrected chi connectivity index (χ3v) is 7.80. The van der Waals surface area contributed by atoms with Gasteiger partial charge in [-0.2, -0.15) is 0 Å². The van der Waals surface area contributed by atoms with Crippen LogP contribution in [-0.2, 0) is 27.5 Å². The molecule has 3 aromatic rings. The van der Waals surface area contributed by atoms with Crippen molar-refractivity contribution in [2.75, 3.05) is 0 Å². The Labute approximate surface area is 237 Å². The zero-order valence-corrected chi connectivity index (χ0v) is 23.4. The summed E-state index contributed by atoms with van der Waals surface area (Å²) in [6.45, 7) is 6.30. The first-order valence-corrected chi connectivity index (χ1v) is 13.9. The maximum atomic E-state index is 13.7. The molecule has 5 rings (SSSR count). The van der Waals surface area contributed by atoms with Gasteiger partial charge < -0.3 is 15.0 Å². The van der Waals surface area contributed by atoms with E-state index in [-0.39, 0.29) is 31.3 Å². The van der Waals surface area contributed by atoms with Gasteiger partial charge in [0.15, 0.2) is 5.17 Å². The minimum Gasteiger partial charge on any atom is -0.457 e. The van der Waals surface area contributed by atoms with Crippen LogP contribution >= 0.6 is 11.8 Å². The van der Waals surface area contributed by atoms with Gasteiger partial charge in [-0.1, -0.05) is 78.0 Å². The zero-order valence-electron chi connectivity index (χ0n) is 22.6. The molecule has 0 aromatic heterocycles. The average molecular weight is 556 g/mol. The lowest BCUT2D eigenvalue weighted by molar-refractivity contribution is -0.141. The third-order valence-electron chi connectivity index (χ3n) is 6.91. The molecule has 2 aliphatic rings. The Morgan fingerprint density at radius 1 is 1.00 bits per heavy atom. The van der Waals surface area contributed by atoms with Crippen LogP contribution in [0.25, 0.3) is 0 Å². The number of benzene rings is 3. The highest BCUT2D eigenvalue weighted by Crippen LogP contribution is 2.45. The Balaban J connectivity index is 1.42. The lowest BCUT2D eigenvalue weighted by Gasteiger charge is -2.37. The van der Waals surface area contributed by atoms with Crippen LogP contribution in [0.3, 0.4) is 0 Å². The summed E-state index contributed by atoms with van der Waals surface area (Å²) >= 11 is 1.43. The molecular formula is C32H30FN3O3S. The van der Waals surface area contributed by atoms with Crippen molar-refractivity contribution >= 4 is 28.8 Å². The molecule has 204 valence electrons. The first kappa shape index (κ1) is 27.4. The van der Waals surface area contributed by atoms with Gasteiger partial charge in [-0.25, -0.2) is 14.2 Å². The number of thioether (sulfide) groups is 1. The maximum Gasteiger partial charge on any atom is 0.338 e. The van der Waals surface area contributed by atoms with Crippen LogP contribution in [0.5, 0.6) is 0 Å². The van der Waals surface area contributed by atoms with Crippen molar-refractivity contribution in [1.29, 1.82) is 0 Å². The van der Waals surface area contributed by atoms with Crippen LogP contribution in [0, 0.1) is 19.7 Å². The Hall–Kier alpha value is -4.17. The predicted molar refractivity (Wildman–Crippen MR) is 155 cm³/mol. The zero-order chi connectivity index (χ0) is 28.2. The molecule has 0 saturated heterocycles. The number of allylic oxidation sites excluding steroid dienone is 1. The van der Waals surface area contributed by atoms with E-state index >= 15 is 0 Å². The highest BCUT2D eigenvalue weighted by atomic mass is 32.2. The van der Waals surface area contributed by atoms with E-state index in [9.17, 15) is 14.0 Å². The summed E-state index contributed by atoms with van der Waals surface area (Å²) in [4.78, 5) is 33.4. The number of esters is 1. The van der Waals surface area contributed by atoms with E-state index in [1.807, 2.05) is 73.5 Å². The molecule has 0 aliphatic carbocycles. The summed E-state index contributed by atoms with van der Waals surface area (Å²) in [7, 11) is 0. The SMILES string of the molecule is CC1=C(C(=O)OCc2ccccc2)C(c2cc(C)ccc2C)N2C(CC(=O)NCc3ccc(F)cc3)=CSC2=N1. The van der Waals surface area contributed by atoms with E-state index in [2.05, 4.69) is 11.4 Å². The molecule has 8 heteroatoms. The van der Waals surface area contributed by atoms with Crippen molar-refractivity contribution in [1.82, 2.24) is 10.2 Å². The quantitative estimate of drug-likeness (QED) is 0.323. The molecule has 1 amide bonds. The van der Waals surface area contributed by atoms with Gasteiger partial charge in [-0.05, 0) is 60.6 Å².